The number of nitro groups is 1. The van der Waals surface area contributed by atoms with E-state index in [0.29, 0.717) is 12.0 Å². The number of rotatable bonds is 13. The number of phosphoric acid groups is 2. The lowest BCUT2D eigenvalue weighted by molar-refractivity contribution is -0.385. The van der Waals surface area contributed by atoms with Gasteiger partial charge in [-0.05, 0) is 30.7 Å². The Morgan fingerprint density at radius 3 is 2.52 bits per heavy atom. The van der Waals surface area contributed by atoms with Crippen molar-refractivity contribution in [2.75, 3.05) is 13.2 Å². The van der Waals surface area contributed by atoms with Crippen molar-refractivity contribution >= 4 is 39.1 Å². The van der Waals surface area contributed by atoms with E-state index in [1.165, 1.54) is 42.6 Å². The zero-order valence-electron chi connectivity index (χ0n) is 24.1. The lowest BCUT2D eigenvalue weighted by atomic mass is 10.1. The van der Waals surface area contributed by atoms with Crippen molar-refractivity contribution in [2.45, 2.75) is 44.4 Å². The van der Waals surface area contributed by atoms with E-state index in [4.69, 9.17) is 18.7 Å². The minimum absolute atomic E-state index is 0.120. The first kappa shape index (κ1) is 33.4. The first-order valence-corrected chi connectivity index (χ1v) is 16.8. The average Bonchev–Trinajstić information content (AvgIpc) is 3.62. The van der Waals surface area contributed by atoms with Crippen molar-refractivity contribution in [3.63, 3.8) is 0 Å². The molecule has 5 rings (SSSR count). The summed E-state index contributed by atoms with van der Waals surface area (Å²) in [5.41, 5.74) is 0.635. The van der Waals surface area contributed by atoms with Crippen LogP contribution in [0.1, 0.15) is 35.7 Å². The molecule has 6 atom stereocenters. The summed E-state index contributed by atoms with van der Waals surface area (Å²) in [5.74, 6) is -0.597. The molecule has 0 spiro atoms. The predicted molar refractivity (Wildman–Crippen MR) is 156 cm³/mol. The van der Waals surface area contributed by atoms with Crippen LogP contribution >= 0.6 is 15.6 Å². The van der Waals surface area contributed by atoms with Gasteiger partial charge in [0.15, 0.2) is 0 Å². The fraction of sp³-hybridized carbons (Fsp3) is 0.333. The van der Waals surface area contributed by atoms with Gasteiger partial charge < -0.3 is 24.0 Å². The van der Waals surface area contributed by atoms with Crippen LogP contribution in [0.3, 0.4) is 0 Å². The standard InChI is InChI=1S/C27H29N3O14P2/c1-2-12-39-45(35,36)44-46(37,38)40-16-23-22(43-26(31)17-8-4-3-5-9-17)14-24(41-23)29-15-18-13-21(42-25(18)28-27(29)32)19-10-6-7-11-20(19)30(33)34/h3-11,13,15,22-25H,2,12,14,16H2,1H3,(H,28,32)(H,35,36)(H,37,38)/t22-,23-,24-,25?/m1/s1. The number of ether oxygens (including phenoxy) is 3. The van der Waals surface area contributed by atoms with E-state index >= 15 is 0 Å². The maximum absolute atomic E-state index is 13.1. The number of urea groups is 1. The first-order chi connectivity index (χ1) is 21.9. The number of hydrogen-bond acceptors (Lipinski definition) is 12. The fourth-order valence-corrected chi connectivity index (χ4v) is 6.92. The smallest absolute Gasteiger partial charge is 0.465 e. The Hall–Kier alpha value is -3.92. The number of phosphoric ester groups is 2. The van der Waals surface area contributed by atoms with Crippen molar-refractivity contribution < 1.29 is 61.0 Å². The maximum atomic E-state index is 13.1. The molecule has 1 saturated heterocycles. The molecule has 246 valence electrons. The molecule has 0 aliphatic carbocycles. The summed E-state index contributed by atoms with van der Waals surface area (Å²) in [5, 5.41) is 14.1. The van der Waals surface area contributed by atoms with E-state index in [-0.39, 0.29) is 35.6 Å². The molecule has 3 heterocycles. The van der Waals surface area contributed by atoms with Gasteiger partial charge in [0, 0.05) is 24.3 Å². The summed E-state index contributed by atoms with van der Waals surface area (Å²) in [6.07, 6.45) is -1.30. The van der Waals surface area contributed by atoms with Crippen LogP contribution in [0, 0.1) is 10.1 Å². The van der Waals surface area contributed by atoms with Crippen LogP contribution in [0.15, 0.2) is 72.4 Å². The first-order valence-electron chi connectivity index (χ1n) is 13.9. The number of esters is 1. The molecule has 3 unspecified atom stereocenters. The molecule has 2 aromatic carbocycles. The van der Waals surface area contributed by atoms with Gasteiger partial charge in [-0.3, -0.25) is 29.4 Å². The molecule has 3 aliphatic heterocycles. The Kier molecular flexibility index (Phi) is 10.1. The minimum Gasteiger partial charge on any atom is -0.465 e. The van der Waals surface area contributed by atoms with E-state index in [2.05, 4.69) is 14.2 Å². The summed E-state index contributed by atoms with van der Waals surface area (Å²) >= 11 is 0. The highest BCUT2D eigenvalue weighted by Crippen LogP contribution is 2.60. The van der Waals surface area contributed by atoms with Gasteiger partial charge in [0.1, 0.15) is 24.2 Å². The second kappa shape index (κ2) is 13.8. The number of hydrogen-bond donors (Lipinski definition) is 3. The molecule has 0 bridgehead atoms. The predicted octanol–water partition coefficient (Wildman–Crippen LogP) is 4.20. The number of benzene rings is 2. The highest BCUT2D eigenvalue weighted by molar-refractivity contribution is 7.61. The van der Waals surface area contributed by atoms with Crippen LogP contribution < -0.4 is 5.32 Å². The number of fused-ring (bicyclic) bond motifs is 1. The number of carbonyl (C=O) groups is 2. The van der Waals surface area contributed by atoms with E-state index in [9.17, 15) is 38.6 Å². The number of carbonyl (C=O) groups excluding carboxylic acids is 2. The number of nitrogens with one attached hydrogen (secondary N) is 1. The Labute approximate surface area is 261 Å². The second-order valence-corrected chi connectivity index (χ2v) is 13.1. The van der Waals surface area contributed by atoms with Crippen LogP contribution in [0.4, 0.5) is 10.5 Å². The third-order valence-electron chi connectivity index (χ3n) is 6.81. The fourth-order valence-electron chi connectivity index (χ4n) is 4.75. The van der Waals surface area contributed by atoms with Gasteiger partial charge in [-0.1, -0.05) is 37.3 Å². The third-order valence-corrected chi connectivity index (χ3v) is 9.45. The van der Waals surface area contributed by atoms with Crippen LogP contribution in [0.5, 0.6) is 0 Å². The Bertz CT molecular complexity index is 1650. The van der Waals surface area contributed by atoms with Gasteiger partial charge in [-0.15, -0.1) is 0 Å². The Morgan fingerprint density at radius 1 is 1.11 bits per heavy atom. The van der Waals surface area contributed by atoms with Gasteiger partial charge in [0.2, 0.25) is 6.23 Å². The van der Waals surface area contributed by atoms with Crippen LogP contribution in [-0.4, -0.2) is 69.5 Å². The molecule has 0 radical (unpaired) electrons. The monoisotopic (exact) mass is 681 g/mol. The van der Waals surface area contributed by atoms with Crippen molar-refractivity contribution in [1.29, 1.82) is 0 Å². The van der Waals surface area contributed by atoms with Gasteiger partial charge in [0.25, 0.3) is 5.69 Å². The topological polar surface area (TPSA) is 223 Å². The molecule has 0 saturated carbocycles. The summed E-state index contributed by atoms with van der Waals surface area (Å²) < 4.78 is 55.6. The van der Waals surface area contributed by atoms with Gasteiger partial charge >= 0.3 is 27.6 Å². The summed E-state index contributed by atoms with van der Waals surface area (Å²) in [7, 11) is -10.1. The van der Waals surface area contributed by atoms with Gasteiger partial charge in [-0.25, -0.2) is 18.7 Å². The molecular weight excluding hydrogens is 652 g/mol. The largest absolute Gasteiger partial charge is 0.481 e. The van der Waals surface area contributed by atoms with Crippen molar-refractivity contribution in [2.24, 2.45) is 0 Å². The lowest BCUT2D eigenvalue weighted by Gasteiger charge is -2.31. The molecule has 46 heavy (non-hydrogen) atoms. The molecule has 2 aromatic rings. The minimum atomic E-state index is -5.19. The molecular formula is C27H29N3O14P2. The number of para-hydroxylation sites is 1. The Balaban J connectivity index is 1.35. The zero-order chi connectivity index (χ0) is 33.1. The molecule has 19 heteroatoms. The third kappa shape index (κ3) is 7.89. The highest BCUT2D eigenvalue weighted by atomic mass is 31.3. The normalized spacial score (nSPS) is 24.8. The molecule has 0 aromatic heterocycles. The lowest BCUT2D eigenvalue weighted by Crippen LogP contribution is -2.51. The molecule has 2 amide bonds. The number of nitro benzene ring substituents is 1. The van der Waals surface area contributed by atoms with Crippen LogP contribution in [-0.2, 0) is 36.7 Å². The van der Waals surface area contributed by atoms with Gasteiger partial charge in [-0.2, -0.15) is 4.31 Å². The molecule has 17 nitrogen and oxygen atoms in total. The molecule has 3 aliphatic rings. The van der Waals surface area contributed by atoms with E-state index < -0.39 is 63.8 Å². The van der Waals surface area contributed by atoms with Crippen LogP contribution in [0.2, 0.25) is 0 Å². The molecule has 1 fully saturated rings. The van der Waals surface area contributed by atoms with Crippen molar-refractivity contribution in [3.05, 3.63) is 93.7 Å². The van der Waals surface area contributed by atoms with Gasteiger partial charge in [0.05, 0.1) is 29.3 Å². The second-order valence-electron chi connectivity index (χ2n) is 10.1. The van der Waals surface area contributed by atoms with E-state index in [1.54, 1.807) is 31.2 Å². The summed E-state index contributed by atoms with van der Waals surface area (Å²) in [4.78, 5) is 57.9. The Morgan fingerprint density at radius 2 is 1.80 bits per heavy atom. The number of amides is 2. The maximum Gasteiger partial charge on any atom is 0.481 e. The van der Waals surface area contributed by atoms with Crippen molar-refractivity contribution in [1.82, 2.24) is 10.2 Å². The number of nitrogens with zero attached hydrogens (tertiary/aromatic N) is 2. The SMILES string of the molecule is CCCOP(=O)(O)OP(=O)(O)OC[C@H]1O[C@@H](N2C=C3C=C(c4ccccc4[N+](=O)[O-])OC3NC2=O)C[C@H]1OC(=O)c1ccccc1. The zero-order valence-corrected chi connectivity index (χ0v) is 25.9. The average molecular weight is 681 g/mol. The van der Waals surface area contributed by atoms with Crippen LogP contribution in [0.25, 0.3) is 5.76 Å². The van der Waals surface area contributed by atoms with E-state index in [0.717, 1.165) is 4.90 Å². The molecule has 3 N–H and O–H groups in total. The van der Waals surface area contributed by atoms with Crippen molar-refractivity contribution in [3.8, 4) is 0 Å². The quantitative estimate of drug-likeness (QED) is 0.117. The van der Waals surface area contributed by atoms with E-state index in [1.807, 2.05) is 0 Å². The summed E-state index contributed by atoms with van der Waals surface area (Å²) in [6.45, 7) is 0.657. The highest BCUT2D eigenvalue weighted by Gasteiger charge is 2.46. The summed E-state index contributed by atoms with van der Waals surface area (Å²) in [6, 6.07) is 13.2.